The van der Waals surface area contributed by atoms with E-state index in [9.17, 15) is 0 Å². The molecule has 1 unspecified atom stereocenters. The summed E-state index contributed by atoms with van der Waals surface area (Å²) in [6, 6.07) is 2.63. The zero-order valence-corrected chi connectivity index (χ0v) is 13.3. The summed E-state index contributed by atoms with van der Waals surface area (Å²) >= 11 is 9.53. The van der Waals surface area contributed by atoms with Crippen molar-refractivity contribution in [3.8, 4) is 0 Å². The molecule has 0 N–H and O–H groups in total. The Morgan fingerprint density at radius 3 is 2.74 bits per heavy atom. The van der Waals surface area contributed by atoms with Gasteiger partial charge >= 0.3 is 0 Å². The molecule has 19 heavy (non-hydrogen) atoms. The number of nitrogens with zero attached hydrogens (tertiary/aromatic N) is 3. The third kappa shape index (κ3) is 3.06. The maximum absolute atomic E-state index is 5.95. The Hall–Kier alpha value is -0.320. The van der Waals surface area contributed by atoms with Crippen molar-refractivity contribution in [3.05, 3.63) is 21.8 Å². The highest BCUT2D eigenvalue weighted by atomic mass is 79.9. The Labute approximate surface area is 128 Å². The van der Waals surface area contributed by atoms with Gasteiger partial charge in [0, 0.05) is 25.3 Å². The van der Waals surface area contributed by atoms with Gasteiger partial charge in [-0.3, -0.25) is 4.90 Å². The van der Waals surface area contributed by atoms with Gasteiger partial charge in [-0.05, 0) is 54.3 Å². The number of hydrogen-bond acceptors (Lipinski definition) is 3. The van der Waals surface area contributed by atoms with Gasteiger partial charge in [0.15, 0.2) is 0 Å². The lowest BCUT2D eigenvalue weighted by Gasteiger charge is -2.32. The molecule has 3 rings (SSSR count). The van der Waals surface area contributed by atoms with Gasteiger partial charge in [-0.25, -0.2) is 4.98 Å². The summed E-state index contributed by atoms with van der Waals surface area (Å²) in [5.41, 5.74) is 0. The Balaban J connectivity index is 1.67. The first-order valence-corrected chi connectivity index (χ1v) is 8.21. The van der Waals surface area contributed by atoms with E-state index in [1.165, 1.54) is 38.8 Å². The lowest BCUT2D eigenvalue weighted by molar-refractivity contribution is 0.175. The van der Waals surface area contributed by atoms with Crippen molar-refractivity contribution in [2.24, 2.45) is 0 Å². The second-order valence-electron chi connectivity index (χ2n) is 5.44. The molecule has 1 aromatic rings. The Kier molecular flexibility index (Phi) is 4.30. The second-order valence-corrected chi connectivity index (χ2v) is 6.73. The Morgan fingerprint density at radius 1 is 1.21 bits per heavy atom. The normalized spacial score (nSPS) is 24.9. The van der Waals surface area contributed by atoms with Crippen molar-refractivity contribution in [2.75, 3.05) is 31.1 Å². The van der Waals surface area contributed by atoms with Crippen molar-refractivity contribution in [1.82, 2.24) is 9.88 Å². The summed E-state index contributed by atoms with van der Waals surface area (Å²) in [7, 11) is 0. The van der Waals surface area contributed by atoms with Gasteiger partial charge in [-0.15, -0.1) is 0 Å². The highest BCUT2D eigenvalue weighted by Gasteiger charge is 2.29. The molecule has 1 atom stereocenters. The number of aromatic nitrogens is 1. The molecule has 2 saturated heterocycles. The molecule has 104 valence electrons. The van der Waals surface area contributed by atoms with E-state index < -0.39 is 0 Å². The van der Waals surface area contributed by atoms with Crippen LogP contribution in [0.15, 0.2) is 16.7 Å². The van der Waals surface area contributed by atoms with Crippen LogP contribution in [0.1, 0.15) is 25.7 Å². The minimum absolute atomic E-state index is 0.683. The molecular weight excluding hydrogens is 326 g/mol. The number of halogens is 2. The van der Waals surface area contributed by atoms with E-state index in [1.807, 2.05) is 6.07 Å². The zero-order chi connectivity index (χ0) is 13.2. The molecule has 2 aliphatic heterocycles. The molecule has 3 heterocycles. The average Bonchev–Trinajstić information content (AvgIpc) is 2.89. The van der Waals surface area contributed by atoms with Gasteiger partial charge < -0.3 is 4.90 Å². The van der Waals surface area contributed by atoms with E-state index in [-0.39, 0.29) is 0 Å². The van der Waals surface area contributed by atoms with Crippen molar-refractivity contribution in [3.63, 3.8) is 0 Å². The highest BCUT2D eigenvalue weighted by Crippen LogP contribution is 2.30. The molecule has 3 nitrogen and oxygen atoms in total. The number of hydrogen-bond donors (Lipinski definition) is 0. The molecule has 0 aromatic carbocycles. The molecule has 1 aromatic heterocycles. The van der Waals surface area contributed by atoms with Crippen LogP contribution in [0.4, 0.5) is 5.82 Å². The Morgan fingerprint density at radius 2 is 2.00 bits per heavy atom. The molecule has 0 saturated carbocycles. The number of anilines is 1. The predicted molar refractivity (Wildman–Crippen MR) is 83.0 cm³/mol. The fourth-order valence-electron chi connectivity index (χ4n) is 3.16. The summed E-state index contributed by atoms with van der Waals surface area (Å²) in [5.74, 6) is 1.03. The monoisotopic (exact) mass is 343 g/mol. The van der Waals surface area contributed by atoms with Crippen molar-refractivity contribution in [2.45, 2.75) is 31.7 Å². The standard InChI is InChI=1S/C14H19BrClN3/c15-13-8-11(16)9-17-14(13)19-7-4-12(10-19)18-5-2-1-3-6-18/h8-9,12H,1-7,10H2. The molecule has 0 bridgehead atoms. The lowest BCUT2D eigenvalue weighted by atomic mass is 10.1. The molecule has 0 aliphatic carbocycles. The van der Waals surface area contributed by atoms with Crippen LogP contribution in [0, 0.1) is 0 Å². The number of likely N-dealkylation sites (tertiary alicyclic amines) is 1. The molecule has 2 aliphatic rings. The minimum Gasteiger partial charge on any atom is -0.354 e. The quantitative estimate of drug-likeness (QED) is 0.818. The molecule has 0 radical (unpaired) electrons. The van der Waals surface area contributed by atoms with Crippen LogP contribution < -0.4 is 4.90 Å². The first-order valence-electron chi connectivity index (χ1n) is 7.04. The van der Waals surface area contributed by atoms with Gasteiger partial charge in [-0.1, -0.05) is 18.0 Å². The van der Waals surface area contributed by atoms with Gasteiger partial charge in [-0.2, -0.15) is 0 Å². The third-order valence-corrected chi connectivity index (χ3v) is 4.95. The lowest BCUT2D eigenvalue weighted by Crippen LogP contribution is -2.41. The van der Waals surface area contributed by atoms with Gasteiger partial charge in [0.05, 0.1) is 9.50 Å². The van der Waals surface area contributed by atoms with Gasteiger partial charge in [0.25, 0.3) is 0 Å². The fraction of sp³-hybridized carbons (Fsp3) is 0.643. The summed E-state index contributed by atoms with van der Waals surface area (Å²) in [6.45, 7) is 4.73. The summed E-state index contributed by atoms with van der Waals surface area (Å²) < 4.78 is 0.999. The van der Waals surface area contributed by atoms with E-state index in [2.05, 4.69) is 30.7 Å². The van der Waals surface area contributed by atoms with Crippen molar-refractivity contribution in [1.29, 1.82) is 0 Å². The SMILES string of the molecule is Clc1cnc(N2CCC(N3CCCCC3)C2)c(Br)c1. The molecule has 2 fully saturated rings. The van der Waals surface area contributed by atoms with Crippen LogP contribution in [0.5, 0.6) is 0 Å². The summed E-state index contributed by atoms with van der Waals surface area (Å²) in [4.78, 5) is 9.50. The second kappa shape index (κ2) is 5.98. The maximum Gasteiger partial charge on any atom is 0.143 e. The van der Waals surface area contributed by atoms with E-state index in [1.54, 1.807) is 6.20 Å². The molecule has 5 heteroatoms. The smallest absolute Gasteiger partial charge is 0.143 e. The fourth-order valence-corrected chi connectivity index (χ4v) is 4.05. The van der Waals surface area contributed by atoms with Crippen LogP contribution >= 0.6 is 27.5 Å². The maximum atomic E-state index is 5.95. The van der Waals surface area contributed by atoms with Crippen LogP contribution in [0.3, 0.4) is 0 Å². The summed E-state index contributed by atoms with van der Waals surface area (Å²) in [6.07, 6.45) is 7.10. The van der Waals surface area contributed by atoms with Crippen molar-refractivity contribution >= 4 is 33.3 Å². The zero-order valence-electron chi connectivity index (χ0n) is 11.0. The topological polar surface area (TPSA) is 19.4 Å². The third-order valence-electron chi connectivity index (χ3n) is 4.16. The van der Waals surface area contributed by atoms with Crippen LogP contribution in [0.25, 0.3) is 0 Å². The van der Waals surface area contributed by atoms with E-state index in [0.717, 1.165) is 23.4 Å². The first-order chi connectivity index (χ1) is 9.24. The van der Waals surface area contributed by atoms with E-state index in [0.29, 0.717) is 11.1 Å². The van der Waals surface area contributed by atoms with E-state index in [4.69, 9.17) is 11.6 Å². The number of pyridine rings is 1. The number of rotatable bonds is 2. The predicted octanol–water partition coefficient (Wildman–Crippen LogP) is 3.56. The van der Waals surface area contributed by atoms with Crippen molar-refractivity contribution < 1.29 is 0 Å². The average molecular weight is 345 g/mol. The molecule has 0 amide bonds. The number of piperidine rings is 1. The van der Waals surface area contributed by atoms with Crippen LogP contribution in [-0.4, -0.2) is 42.1 Å². The Bertz CT molecular complexity index is 448. The molecular formula is C14H19BrClN3. The highest BCUT2D eigenvalue weighted by molar-refractivity contribution is 9.10. The molecule has 0 spiro atoms. The van der Waals surface area contributed by atoms with Crippen LogP contribution in [-0.2, 0) is 0 Å². The minimum atomic E-state index is 0.683. The van der Waals surface area contributed by atoms with E-state index >= 15 is 0 Å². The largest absolute Gasteiger partial charge is 0.354 e. The van der Waals surface area contributed by atoms with Gasteiger partial charge in [0.1, 0.15) is 5.82 Å². The van der Waals surface area contributed by atoms with Crippen LogP contribution in [0.2, 0.25) is 5.02 Å². The van der Waals surface area contributed by atoms with Gasteiger partial charge in [0.2, 0.25) is 0 Å². The summed E-state index contributed by atoms with van der Waals surface area (Å²) in [5, 5.41) is 0.683. The first kappa shape index (κ1) is 13.7.